The second-order valence-corrected chi connectivity index (χ2v) is 7.45. The largest absolute Gasteiger partial charge is 0.364 e. The Labute approximate surface area is 148 Å². The maximum absolute atomic E-state index is 12.5. The Hall–Kier alpha value is -2.33. The van der Waals surface area contributed by atoms with Gasteiger partial charge in [-0.05, 0) is 25.3 Å². The molecule has 0 aliphatic carbocycles. The number of nitrogens with two attached hydrogens (primary N) is 1. The summed E-state index contributed by atoms with van der Waals surface area (Å²) in [4.78, 5) is 30.1. The molecular formula is C15H19N7O2S. The van der Waals surface area contributed by atoms with Crippen LogP contribution in [0.1, 0.15) is 23.3 Å². The van der Waals surface area contributed by atoms with Gasteiger partial charge in [0.05, 0.1) is 18.7 Å². The van der Waals surface area contributed by atoms with Crippen LogP contribution in [0, 0.1) is 11.8 Å². The first-order valence-corrected chi connectivity index (χ1v) is 9.12. The van der Waals surface area contributed by atoms with E-state index in [9.17, 15) is 9.59 Å². The molecule has 2 aromatic rings. The minimum atomic E-state index is -0.573. The number of anilines is 1. The van der Waals surface area contributed by atoms with Crippen LogP contribution in [-0.2, 0) is 11.3 Å². The zero-order chi connectivity index (χ0) is 17.4. The SMILES string of the molecule is NC(=O)c1cn(CC2CC3CCN2CC3C(=O)Nc2nccs2)nn1. The van der Waals surface area contributed by atoms with E-state index in [1.165, 1.54) is 11.3 Å². The topological polar surface area (TPSA) is 119 Å². The Morgan fingerprint density at radius 2 is 2.32 bits per heavy atom. The minimum Gasteiger partial charge on any atom is -0.364 e. The summed E-state index contributed by atoms with van der Waals surface area (Å²) in [5, 5.41) is 13.2. The molecule has 0 aromatic carbocycles. The summed E-state index contributed by atoms with van der Waals surface area (Å²) in [6.07, 6.45) is 5.22. The Balaban J connectivity index is 1.39. The van der Waals surface area contributed by atoms with Gasteiger partial charge in [-0.15, -0.1) is 16.4 Å². The van der Waals surface area contributed by atoms with Crippen molar-refractivity contribution in [1.82, 2.24) is 24.9 Å². The number of aromatic nitrogens is 4. The van der Waals surface area contributed by atoms with Crippen LogP contribution in [0.5, 0.6) is 0 Å². The van der Waals surface area contributed by atoms with Crippen molar-refractivity contribution >= 4 is 28.3 Å². The van der Waals surface area contributed by atoms with E-state index in [1.54, 1.807) is 17.1 Å². The molecule has 0 radical (unpaired) electrons. The molecule has 9 nitrogen and oxygen atoms in total. The van der Waals surface area contributed by atoms with E-state index in [4.69, 9.17) is 5.73 Å². The van der Waals surface area contributed by atoms with Crippen LogP contribution in [0.3, 0.4) is 0 Å². The monoisotopic (exact) mass is 361 g/mol. The van der Waals surface area contributed by atoms with Crippen LogP contribution >= 0.6 is 11.3 Å². The molecule has 3 aliphatic rings. The zero-order valence-electron chi connectivity index (χ0n) is 13.5. The van der Waals surface area contributed by atoms with Gasteiger partial charge in [-0.2, -0.15) is 0 Å². The van der Waals surface area contributed by atoms with Crippen molar-refractivity contribution in [3.63, 3.8) is 0 Å². The molecule has 3 fully saturated rings. The normalized spacial score (nSPS) is 28.0. The van der Waals surface area contributed by atoms with Crippen molar-refractivity contribution in [1.29, 1.82) is 0 Å². The molecule has 3 saturated heterocycles. The third-order valence-corrected chi connectivity index (χ3v) is 5.76. The maximum Gasteiger partial charge on any atom is 0.270 e. The first-order valence-electron chi connectivity index (χ1n) is 8.24. The number of carbonyl (C=O) groups is 2. The quantitative estimate of drug-likeness (QED) is 0.784. The molecule has 25 heavy (non-hydrogen) atoms. The van der Waals surface area contributed by atoms with Crippen LogP contribution in [0.4, 0.5) is 5.13 Å². The summed E-state index contributed by atoms with van der Waals surface area (Å²) in [5.74, 6) is -0.171. The lowest BCUT2D eigenvalue weighted by Crippen LogP contribution is -2.57. The van der Waals surface area contributed by atoms with E-state index < -0.39 is 5.91 Å². The smallest absolute Gasteiger partial charge is 0.270 e. The second kappa shape index (κ2) is 6.52. The highest BCUT2D eigenvalue weighted by Crippen LogP contribution is 2.37. The van der Waals surface area contributed by atoms with E-state index in [1.807, 2.05) is 5.38 Å². The summed E-state index contributed by atoms with van der Waals surface area (Å²) < 4.78 is 1.66. The highest BCUT2D eigenvalue weighted by atomic mass is 32.1. The number of amides is 2. The van der Waals surface area contributed by atoms with Gasteiger partial charge in [0.15, 0.2) is 10.8 Å². The Morgan fingerprint density at radius 3 is 2.96 bits per heavy atom. The number of thiazole rings is 1. The first-order chi connectivity index (χ1) is 12.1. The van der Waals surface area contributed by atoms with Gasteiger partial charge in [0.1, 0.15) is 0 Å². The van der Waals surface area contributed by atoms with Gasteiger partial charge in [0, 0.05) is 24.2 Å². The number of nitrogens with one attached hydrogen (secondary N) is 1. The van der Waals surface area contributed by atoms with Crippen LogP contribution in [-0.4, -0.2) is 55.8 Å². The minimum absolute atomic E-state index is 0.00849. The van der Waals surface area contributed by atoms with Crippen LogP contribution in [0.15, 0.2) is 17.8 Å². The second-order valence-electron chi connectivity index (χ2n) is 6.56. The van der Waals surface area contributed by atoms with E-state index >= 15 is 0 Å². The molecule has 4 unspecified atom stereocenters. The van der Waals surface area contributed by atoms with Crippen molar-refractivity contribution in [2.75, 3.05) is 18.4 Å². The molecule has 2 aromatic heterocycles. The zero-order valence-corrected chi connectivity index (χ0v) is 14.4. The molecule has 0 spiro atoms. The Kier molecular flexibility index (Phi) is 4.22. The van der Waals surface area contributed by atoms with E-state index in [2.05, 4.69) is 25.5 Å². The van der Waals surface area contributed by atoms with Crippen molar-refractivity contribution in [2.45, 2.75) is 25.4 Å². The number of carbonyl (C=O) groups excluding carboxylic acids is 2. The molecule has 2 bridgehead atoms. The van der Waals surface area contributed by atoms with Crippen molar-refractivity contribution in [3.8, 4) is 0 Å². The average Bonchev–Trinajstić information content (AvgIpc) is 3.27. The number of rotatable bonds is 5. The van der Waals surface area contributed by atoms with Gasteiger partial charge in [0.25, 0.3) is 5.91 Å². The number of hydrogen-bond donors (Lipinski definition) is 2. The molecule has 0 saturated carbocycles. The fourth-order valence-corrected chi connectivity index (χ4v) is 4.36. The lowest BCUT2D eigenvalue weighted by molar-refractivity contribution is -0.127. The third kappa shape index (κ3) is 3.27. The molecule has 4 atom stereocenters. The lowest BCUT2D eigenvalue weighted by atomic mass is 9.75. The van der Waals surface area contributed by atoms with E-state index in [0.29, 0.717) is 23.6 Å². The number of piperidine rings is 3. The van der Waals surface area contributed by atoms with Gasteiger partial charge < -0.3 is 11.1 Å². The van der Waals surface area contributed by atoms with Crippen LogP contribution in [0.25, 0.3) is 0 Å². The molecule has 3 aliphatic heterocycles. The molecule has 2 amide bonds. The molecule has 3 N–H and O–H groups in total. The third-order valence-electron chi connectivity index (χ3n) is 5.07. The predicted octanol–water partition coefficient (Wildman–Crippen LogP) is 0.183. The number of fused-ring (bicyclic) bond motifs is 3. The summed E-state index contributed by atoms with van der Waals surface area (Å²) in [6, 6.07) is 0.296. The highest BCUT2D eigenvalue weighted by molar-refractivity contribution is 7.13. The number of primary amides is 1. The van der Waals surface area contributed by atoms with Gasteiger partial charge in [-0.3, -0.25) is 19.2 Å². The molecule has 10 heteroatoms. The van der Waals surface area contributed by atoms with Crippen LogP contribution in [0.2, 0.25) is 0 Å². The van der Waals surface area contributed by atoms with Gasteiger partial charge in [-0.25, -0.2) is 4.98 Å². The summed E-state index contributed by atoms with van der Waals surface area (Å²) in [6.45, 7) is 2.37. The average molecular weight is 361 g/mol. The number of hydrogen-bond acceptors (Lipinski definition) is 7. The number of nitrogens with zero attached hydrogens (tertiary/aromatic N) is 5. The van der Waals surface area contributed by atoms with Gasteiger partial charge >= 0.3 is 0 Å². The molecule has 132 valence electrons. The van der Waals surface area contributed by atoms with E-state index in [0.717, 1.165) is 25.9 Å². The Bertz CT molecular complexity index is 775. The molecule has 5 rings (SSSR count). The molecule has 5 heterocycles. The lowest BCUT2D eigenvalue weighted by Gasteiger charge is -2.49. The van der Waals surface area contributed by atoms with Crippen LogP contribution < -0.4 is 11.1 Å². The predicted molar refractivity (Wildman–Crippen MR) is 90.9 cm³/mol. The van der Waals surface area contributed by atoms with Crippen molar-refractivity contribution < 1.29 is 9.59 Å². The fraction of sp³-hybridized carbons (Fsp3) is 0.533. The first kappa shape index (κ1) is 16.2. The Morgan fingerprint density at radius 1 is 1.44 bits per heavy atom. The van der Waals surface area contributed by atoms with Gasteiger partial charge in [-0.1, -0.05) is 5.21 Å². The highest BCUT2D eigenvalue weighted by Gasteiger charge is 2.43. The fourth-order valence-electron chi connectivity index (χ4n) is 3.82. The van der Waals surface area contributed by atoms with Crippen molar-refractivity contribution in [2.24, 2.45) is 17.6 Å². The summed E-state index contributed by atoms with van der Waals surface area (Å²) in [5.41, 5.74) is 5.39. The summed E-state index contributed by atoms with van der Waals surface area (Å²) in [7, 11) is 0. The maximum atomic E-state index is 12.5. The molecular weight excluding hydrogens is 342 g/mol. The van der Waals surface area contributed by atoms with E-state index in [-0.39, 0.29) is 17.5 Å². The summed E-state index contributed by atoms with van der Waals surface area (Å²) >= 11 is 1.43. The standard InChI is InChI=1S/C15H19N7O2S/c16-13(23)12-8-22(20-19-12)6-10-5-9-1-3-21(10)7-11(9)14(24)18-15-17-2-4-25-15/h2,4,8-11H,1,3,5-7H2,(H2,16,23)(H,17,18,24). The van der Waals surface area contributed by atoms with Crippen molar-refractivity contribution in [3.05, 3.63) is 23.5 Å². The van der Waals surface area contributed by atoms with Gasteiger partial charge in [0.2, 0.25) is 5.91 Å².